The van der Waals surface area contributed by atoms with E-state index in [2.05, 4.69) is 15.3 Å². The summed E-state index contributed by atoms with van der Waals surface area (Å²) in [6.07, 6.45) is 6.66. The van der Waals surface area contributed by atoms with Crippen LogP contribution in [0.2, 0.25) is 0 Å². The number of carbonyl (C=O) groups is 1. The van der Waals surface area contributed by atoms with Gasteiger partial charge in [0.1, 0.15) is 0 Å². The second kappa shape index (κ2) is 7.62. The van der Waals surface area contributed by atoms with Gasteiger partial charge in [-0.2, -0.15) is 0 Å². The normalized spacial score (nSPS) is 11.7. The quantitative estimate of drug-likeness (QED) is 0.470. The Morgan fingerprint density at radius 1 is 1.21 bits per heavy atom. The van der Waals surface area contributed by atoms with Gasteiger partial charge in [-0.3, -0.25) is 14.7 Å². The van der Waals surface area contributed by atoms with Gasteiger partial charge in [0, 0.05) is 29.9 Å². The molecule has 0 aliphatic heterocycles. The van der Waals surface area contributed by atoms with Gasteiger partial charge in [0.05, 0.1) is 15.1 Å². The van der Waals surface area contributed by atoms with Crippen LogP contribution < -0.4 is 5.32 Å². The van der Waals surface area contributed by atoms with Crippen LogP contribution in [0.1, 0.15) is 10.4 Å². The van der Waals surface area contributed by atoms with Crippen LogP contribution >= 0.6 is 23.1 Å². The monoisotopic (exact) mass is 444 g/mol. The molecule has 0 spiro atoms. The fraction of sp³-hybridized carbons (Fsp3) is 0.105. The summed E-state index contributed by atoms with van der Waals surface area (Å²) >= 11 is 2.75. The minimum Gasteiger partial charge on any atom is -0.298 e. The van der Waals surface area contributed by atoms with Gasteiger partial charge in [0.25, 0.3) is 5.91 Å². The lowest BCUT2D eigenvalue weighted by Gasteiger charge is -2.08. The van der Waals surface area contributed by atoms with E-state index in [4.69, 9.17) is 0 Å². The summed E-state index contributed by atoms with van der Waals surface area (Å²) in [5.74, 6) is -0.292. The van der Waals surface area contributed by atoms with Gasteiger partial charge in [-0.25, -0.2) is 18.4 Å². The highest BCUT2D eigenvalue weighted by Gasteiger charge is 2.14. The molecule has 2 heterocycles. The molecule has 0 aliphatic carbocycles. The lowest BCUT2D eigenvalue weighted by molar-refractivity contribution is 0.102. The lowest BCUT2D eigenvalue weighted by atomic mass is 10.2. The molecule has 0 bridgehead atoms. The topological polar surface area (TPSA) is 93.9 Å². The van der Waals surface area contributed by atoms with Crippen molar-refractivity contribution in [3.8, 4) is 5.69 Å². The van der Waals surface area contributed by atoms with Crippen molar-refractivity contribution in [1.82, 2.24) is 14.5 Å². The third-order valence-corrected chi connectivity index (χ3v) is 6.90. The van der Waals surface area contributed by atoms with Crippen LogP contribution in [0.15, 0.2) is 64.9 Å². The first-order valence-corrected chi connectivity index (χ1v) is 12.4. The second-order valence-electron chi connectivity index (χ2n) is 6.21. The highest BCUT2D eigenvalue weighted by atomic mass is 32.2. The van der Waals surface area contributed by atoms with E-state index in [-0.39, 0.29) is 10.8 Å². The number of thioether (sulfide) groups is 1. The Balaban J connectivity index is 1.60. The second-order valence-corrected chi connectivity index (χ2v) is 10.0. The summed E-state index contributed by atoms with van der Waals surface area (Å²) in [5.41, 5.74) is 1.95. The molecule has 1 N–H and O–H groups in total. The first-order chi connectivity index (χ1) is 13.8. The summed E-state index contributed by atoms with van der Waals surface area (Å²) in [5, 5.41) is 4.04. The number of sulfone groups is 1. The molecular weight excluding hydrogens is 428 g/mol. The molecular formula is C19H16N4O3S3. The summed E-state index contributed by atoms with van der Waals surface area (Å²) in [7, 11) is -3.30. The minimum atomic E-state index is -3.30. The maximum atomic E-state index is 12.7. The average Bonchev–Trinajstić information content (AvgIpc) is 3.32. The fourth-order valence-electron chi connectivity index (χ4n) is 2.79. The number of hydrogen-bond acceptors (Lipinski definition) is 7. The van der Waals surface area contributed by atoms with Crippen molar-refractivity contribution in [2.45, 2.75) is 10.1 Å². The van der Waals surface area contributed by atoms with Crippen LogP contribution in [-0.2, 0) is 9.84 Å². The molecule has 0 fully saturated rings. The molecule has 0 unspecified atom stereocenters. The van der Waals surface area contributed by atoms with Gasteiger partial charge < -0.3 is 0 Å². The van der Waals surface area contributed by atoms with Crippen LogP contribution in [0.3, 0.4) is 0 Å². The predicted octanol–water partition coefficient (Wildman–Crippen LogP) is 3.86. The average molecular weight is 445 g/mol. The van der Waals surface area contributed by atoms with Gasteiger partial charge in [0.15, 0.2) is 20.1 Å². The van der Waals surface area contributed by atoms with Gasteiger partial charge in [-0.05, 0) is 42.7 Å². The van der Waals surface area contributed by atoms with Gasteiger partial charge in [-0.1, -0.05) is 29.2 Å². The Labute approximate surface area is 175 Å². The molecule has 148 valence electrons. The maximum absolute atomic E-state index is 12.7. The van der Waals surface area contributed by atoms with Crippen molar-refractivity contribution in [1.29, 1.82) is 0 Å². The SMILES string of the molecule is CSc1nccn1-c1cccc(C(=O)Nc2nc3ccc(S(C)(=O)=O)cc3s2)c1. The van der Waals surface area contributed by atoms with E-state index in [9.17, 15) is 13.2 Å². The molecule has 2 aromatic heterocycles. The number of nitrogens with zero attached hydrogens (tertiary/aromatic N) is 3. The molecule has 0 radical (unpaired) electrons. The number of aromatic nitrogens is 3. The summed E-state index contributed by atoms with van der Waals surface area (Å²) in [4.78, 5) is 21.6. The predicted molar refractivity (Wildman–Crippen MR) is 116 cm³/mol. The zero-order valence-corrected chi connectivity index (χ0v) is 17.9. The number of fused-ring (bicyclic) bond motifs is 1. The van der Waals surface area contributed by atoms with E-state index in [1.807, 2.05) is 29.2 Å². The third kappa shape index (κ3) is 4.04. The Bertz CT molecular complexity index is 1330. The van der Waals surface area contributed by atoms with Gasteiger partial charge >= 0.3 is 0 Å². The van der Waals surface area contributed by atoms with Crippen LogP contribution in [0.4, 0.5) is 5.13 Å². The van der Waals surface area contributed by atoms with Crippen molar-refractivity contribution in [2.75, 3.05) is 17.8 Å². The fourth-order valence-corrected chi connectivity index (χ4v) is 4.94. The standard InChI is InChI=1S/C19H16N4O3S3/c1-27-19-20-8-9-23(19)13-5-3-4-12(10-13)17(24)22-18-21-15-7-6-14(29(2,25)26)11-16(15)28-18/h3-11H,1-2H3,(H,21,22,24). The van der Waals surface area contributed by atoms with E-state index in [1.165, 1.54) is 29.2 Å². The van der Waals surface area contributed by atoms with Gasteiger partial charge in [0.2, 0.25) is 0 Å². The van der Waals surface area contributed by atoms with Crippen molar-refractivity contribution < 1.29 is 13.2 Å². The van der Waals surface area contributed by atoms with Crippen LogP contribution in [-0.4, -0.2) is 41.4 Å². The van der Waals surface area contributed by atoms with Crippen molar-refractivity contribution >= 4 is 54.2 Å². The largest absolute Gasteiger partial charge is 0.298 e. The van der Waals surface area contributed by atoms with Crippen molar-refractivity contribution in [3.63, 3.8) is 0 Å². The molecule has 29 heavy (non-hydrogen) atoms. The first-order valence-electron chi connectivity index (χ1n) is 8.45. The Morgan fingerprint density at radius 3 is 2.79 bits per heavy atom. The number of rotatable bonds is 5. The van der Waals surface area contributed by atoms with Crippen molar-refractivity contribution in [2.24, 2.45) is 0 Å². The van der Waals surface area contributed by atoms with E-state index in [0.717, 1.165) is 17.1 Å². The number of imidazole rings is 1. The molecule has 0 atom stereocenters. The Kier molecular flexibility index (Phi) is 5.15. The van der Waals surface area contributed by atoms with Crippen LogP contribution in [0.25, 0.3) is 15.9 Å². The molecule has 7 nitrogen and oxygen atoms in total. The summed E-state index contributed by atoms with van der Waals surface area (Å²) in [6, 6.07) is 12.0. The Morgan fingerprint density at radius 2 is 2.03 bits per heavy atom. The summed E-state index contributed by atoms with van der Waals surface area (Å²) < 4.78 is 26.1. The highest BCUT2D eigenvalue weighted by Crippen LogP contribution is 2.28. The third-order valence-electron chi connectivity index (χ3n) is 4.18. The van der Waals surface area contributed by atoms with Crippen LogP contribution in [0, 0.1) is 0 Å². The summed E-state index contributed by atoms with van der Waals surface area (Å²) in [6.45, 7) is 0. The van der Waals surface area contributed by atoms with E-state index in [0.29, 0.717) is 20.9 Å². The van der Waals surface area contributed by atoms with Crippen LogP contribution in [0.5, 0.6) is 0 Å². The maximum Gasteiger partial charge on any atom is 0.257 e. The molecule has 4 rings (SSSR count). The number of anilines is 1. The molecule has 4 aromatic rings. The Hall–Kier alpha value is -2.69. The van der Waals surface area contributed by atoms with E-state index < -0.39 is 9.84 Å². The number of hydrogen-bond donors (Lipinski definition) is 1. The molecule has 2 aromatic carbocycles. The molecule has 0 aliphatic rings. The van der Waals surface area contributed by atoms with E-state index in [1.54, 1.807) is 30.5 Å². The number of nitrogens with one attached hydrogen (secondary N) is 1. The molecule has 10 heteroatoms. The lowest BCUT2D eigenvalue weighted by Crippen LogP contribution is -2.12. The first kappa shape index (κ1) is 19.6. The zero-order valence-electron chi connectivity index (χ0n) is 15.5. The number of thiazole rings is 1. The minimum absolute atomic E-state index is 0.226. The smallest absolute Gasteiger partial charge is 0.257 e. The zero-order chi connectivity index (χ0) is 20.6. The highest BCUT2D eigenvalue weighted by molar-refractivity contribution is 7.98. The van der Waals surface area contributed by atoms with Gasteiger partial charge in [-0.15, -0.1) is 0 Å². The molecule has 1 amide bonds. The number of benzene rings is 2. The van der Waals surface area contributed by atoms with E-state index >= 15 is 0 Å². The number of carbonyl (C=O) groups excluding carboxylic acids is 1. The number of amides is 1. The van der Waals surface area contributed by atoms with Crippen molar-refractivity contribution in [3.05, 3.63) is 60.4 Å². The molecule has 0 saturated carbocycles. The molecule has 0 saturated heterocycles.